The van der Waals surface area contributed by atoms with Crippen LogP contribution < -0.4 is 10.3 Å². The zero-order valence-electron chi connectivity index (χ0n) is 18.0. The predicted octanol–water partition coefficient (Wildman–Crippen LogP) is 3.00. The first-order valence-corrected chi connectivity index (χ1v) is 11.1. The highest BCUT2D eigenvalue weighted by molar-refractivity contribution is 9.10. The Balaban J connectivity index is 1.66. The van der Waals surface area contributed by atoms with E-state index in [4.69, 9.17) is 4.74 Å². The molecule has 0 radical (unpaired) electrons. The number of benzene rings is 1. The number of halogens is 1. The van der Waals surface area contributed by atoms with Crippen LogP contribution in [0.25, 0.3) is 5.65 Å². The molecular weight excluding hydrogens is 492 g/mol. The third-order valence-corrected chi connectivity index (χ3v) is 5.92. The molecule has 2 N–H and O–H groups in total. The van der Waals surface area contributed by atoms with E-state index in [-0.39, 0.29) is 35.7 Å². The number of hydrogen-bond acceptors (Lipinski definition) is 8. The number of carbonyl (C=O) groups is 1. The minimum atomic E-state index is -0.242. The van der Waals surface area contributed by atoms with Crippen molar-refractivity contribution in [2.75, 3.05) is 0 Å². The van der Waals surface area contributed by atoms with Crippen molar-refractivity contribution in [3.05, 3.63) is 73.5 Å². The van der Waals surface area contributed by atoms with Crippen molar-refractivity contribution in [3.8, 4) is 11.5 Å². The number of nitrogens with one attached hydrogen (secondary N) is 1. The standard InChI is InChI=1S/C22H21BrN6O4/c1-3-4-16-18(6-5-15(12(2)30)21(16)31)33-11-14-10-29-20(8-17(14)23)24-9-13(22(29)32)7-19-25-27-28-26-19/h5-6,8-10,31H,3-4,7,11H2,1-2H3,(H,25,26,27,28). The van der Waals surface area contributed by atoms with Gasteiger partial charge < -0.3 is 9.84 Å². The number of phenols is 1. The summed E-state index contributed by atoms with van der Waals surface area (Å²) < 4.78 is 8.18. The number of aromatic nitrogens is 6. The minimum Gasteiger partial charge on any atom is -0.507 e. The number of hydrogen-bond donors (Lipinski definition) is 2. The SMILES string of the molecule is CCCc1c(OCc2cn3c(=O)c(Cc4nn[nH]n4)cnc3cc2Br)ccc(C(C)=O)c1O. The molecule has 4 aromatic rings. The first-order valence-electron chi connectivity index (χ1n) is 10.3. The smallest absolute Gasteiger partial charge is 0.261 e. The van der Waals surface area contributed by atoms with Gasteiger partial charge in [0.2, 0.25) is 0 Å². The average Bonchev–Trinajstić information content (AvgIpc) is 3.29. The van der Waals surface area contributed by atoms with Crippen LogP contribution in [-0.4, -0.2) is 40.9 Å². The van der Waals surface area contributed by atoms with Crippen LogP contribution in [0.5, 0.6) is 11.5 Å². The summed E-state index contributed by atoms with van der Waals surface area (Å²) in [5, 5.41) is 24.2. The van der Waals surface area contributed by atoms with Crippen LogP contribution in [0.15, 0.2) is 39.9 Å². The molecule has 0 fully saturated rings. The Morgan fingerprint density at radius 1 is 1.30 bits per heavy atom. The van der Waals surface area contributed by atoms with Crippen LogP contribution in [0.4, 0.5) is 0 Å². The Morgan fingerprint density at radius 3 is 2.82 bits per heavy atom. The van der Waals surface area contributed by atoms with Gasteiger partial charge in [0.25, 0.3) is 5.56 Å². The summed E-state index contributed by atoms with van der Waals surface area (Å²) in [4.78, 5) is 29.1. The van der Waals surface area contributed by atoms with Gasteiger partial charge in [-0.1, -0.05) is 34.5 Å². The number of ether oxygens (including phenoxy) is 1. The molecule has 0 aliphatic carbocycles. The van der Waals surface area contributed by atoms with Crippen molar-refractivity contribution in [1.82, 2.24) is 30.0 Å². The van der Waals surface area contributed by atoms with Crippen LogP contribution >= 0.6 is 15.9 Å². The maximum atomic E-state index is 13.0. The fraction of sp³-hybridized carbons (Fsp3) is 0.273. The van der Waals surface area contributed by atoms with Crippen LogP contribution in [0, 0.1) is 0 Å². The maximum absolute atomic E-state index is 13.0. The first kappa shape index (κ1) is 22.6. The van der Waals surface area contributed by atoms with Gasteiger partial charge in [-0.25, -0.2) is 4.98 Å². The molecule has 0 aliphatic heterocycles. The number of aromatic amines is 1. The molecule has 170 valence electrons. The van der Waals surface area contributed by atoms with Gasteiger partial charge in [0, 0.05) is 40.0 Å². The van der Waals surface area contributed by atoms with Crippen LogP contribution in [0.3, 0.4) is 0 Å². The number of fused-ring (bicyclic) bond motifs is 1. The van der Waals surface area contributed by atoms with Crippen molar-refractivity contribution >= 4 is 27.4 Å². The summed E-state index contributed by atoms with van der Waals surface area (Å²) >= 11 is 3.52. The van der Waals surface area contributed by atoms with E-state index >= 15 is 0 Å². The van der Waals surface area contributed by atoms with Gasteiger partial charge in [-0.05, 0) is 31.5 Å². The number of rotatable bonds is 8. The van der Waals surface area contributed by atoms with E-state index in [1.165, 1.54) is 17.5 Å². The number of pyridine rings is 1. The van der Waals surface area contributed by atoms with Gasteiger partial charge in [0.05, 0.1) is 5.56 Å². The van der Waals surface area contributed by atoms with Gasteiger partial charge in [-0.15, -0.1) is 10.2 Å². The van der Waals surface area contributed by atoms with Gasteiger partial charge >= 0.3 is 0 Å². The summed E-state index contributed by atoms with van der Waals surface area (Å²) in [5.41, 5.74) is 2.22. The molecule has 0 saturated carbocycles. The fourth-order valence-corrected chi connectivity index (χ4v) is 3.94. The second-order valence-corrected chi connectivity index (χ2v) is 8.36. The fourth-order valence-electron chi connectivity index (χ4n) is 3.51. The largest absolute Gasteiger partial charge is 0.507 e. The molecule has 10 nitrogen and oxygen atoms in total. The molecule has 3 heterocycles. The quantitative estimate of drug-likeness (QED) is 0.344. The van der Waals surface area contributed by atoms with E-state index in [1.807, 2.05) is 6.92 Å². The first-order chi connectivity index (χ1) is 15.9. The minimum absolute atomic E-state index is 0.0500. The average molecular weight is 513 g/mol. The molecule has 0 saturated heterocycles. The third-order valence-electron chi connectivity index (χ3n) is 5.18. The second kappa shape index (κ2) is 9.49. The van der Waals surface area contributed by atoms with Crippen LogP contribution in [-0.2, 0) is 19.4 Å². The van der Waals surface area contributed by atoms with Crippen molar-refractivity contribution < 1.29 is 14.6 Å². The van der Waals surface area contributed by atoms with E-state index in [0.29, 0.717) is 40.3 Å². The van der Waals surface area contributed by atoms with Gasteiger partial charge in [-0.2, -0.15) is 5.21 Å². The summed E-state index contributed by atoms with van der Waals surface area (Å²) in [5.74, 6) is 0.623. The summed E-state index contributed by atoms with van der Waals surface area (Å²) in [7, 11) is 0. The van der Waals surface area contributed by atoms with Crippen molar-refractivity contribution in [2.45, 2.75) is 39.7 Å². The highest BCUT2D eigenvalue weighted by Crippen LogP contribution is 2.33. The molecule has 0 unspecified atom stereocenters. The number of nitrogens with zero attached hydrogens (tertiary/aromatic N) is 5. The summed E-state index contributed by atoms with van der Waals surface area (Å²) in [6, 6.07) is 4.98. The van der Waals surface area contributed by atoms with E-state index in [2.05, 4.69) is 41.5 Å². The Kier molecular flexibility index (Phi) is 6.50. The topological polar surface area (TPSA) is 135 Å². The lowest BCUT2D eigenvalue weighted by atomic mass is 10.0. The lowest BCUT2D eigenvalue weighted by Crippen LogP contribution is -2.20. The molecule has 3 aromatic heterocycles. The molecule has 0 bridgehead atoms. The maximum Gasteiger partial charge on any atom is 0.261 e. The molecular formula is C22H21BrN6O4. The van der Waals surface area contributed by atoms with Crippen molar-refractivity contribution in [2.24, 2.45) is 0 Å². The Bertz CT molecular complexity index is 1380. The van der Waals surface area contributed by atoms with Gasteiger partial charge in [0.15, 0.2) is 11.6 Å². The second-order valence-electron chi connectivity index (χ2n) is 7.50. The number of phenolic OH excluding ortho intramolecular Hbond substituents is 1. The molecule has 0 amide bonds. The molecule has 33 heavy (non-hydrogen) atoms. The zero-order chi connectivity index (χ0) is 23.5. The molecule has 1 aromatic carbocycles. The lowest BCUT2D eigenvalue weighted by molar-refractivity contribution is 0.101. The van der Waals surface area contributed by atoms with Crippen molar-refractivity contribution in [3.63, 3.8) is 0 Å². The number of aromatic hydroxyl groups is 1. The van der Waals surface area contributed by atoms with Crippen molar-refractivity contribution in [1.29, 1.82) is 0 Å². The van der Waals surface area contributed by atoms with Crippen LogP contribution in [0.1, 0.15) is 53.1 Å². The molecule has 0 spiro atoms. The Hall–Kier alpha value is -3.60. The number of Topliss-reactive ketones (excluding diaryl/α,β-unsaturated/α-hetero) is 1. The lowest BCUT2D eigenvalue weighted by Gasteiger charge is -2.15. The summed E-state index contributed by atoms with van der Waals surface area (Å²) in [6.45, 7) is 3.53. The van der Waals surface area contributed by atoms with Crippen LogP contribution in [0.2, 0.25) is 0 Å². The molecule has 4 rings (SSSR count). The number of H-pyrrole nitrogens is 1. The molecule has 11 heteroatoms. The monoisotopic (exact) mass is 512 g/mol. The number of ketones is 1. The summed E-state index contributed by atoms with van der Waals surface area (Å²) in [6.07, 6.45) is 4.71. The number of carbonyl (C=O) groups excluding carboxylic acids is 1. The van der Waals surface area contributed by atoms with E-state index in [9.17, 15) is 14.7 Å². The van der Waals surface area contributed by atoms with E-state index in [0.717, 1.165) is 10.9 Å². The van der Waals surface area contributed by atoms with E-state index < -0.39 is 0 Å². The zero-order valence-corrected chi connectivity index (χ0v) is 19.6. The van der Waals surface area contributed by atoms with E-state index in [1.54, 1.807) is 24.4 Å². The molecule has 0 atom stereocenters. The molecule has 0 aliphatic rings. The third kappa shape index (κ3) is 4.63. The van der Waals surface area contributed by atoms with Gasteiger partial charge in [0.1, 0.15) is 23.8 Å². The Morgan fingerprint density at radius 2 is 2.12 bits per heavy atom. The van der Waals surface area contributed by atoms with Gasteiger partial charge in [-0.3, -0.25) is 14.0 Å². The normalized spacial score (nSPS) is 11.1. The number of tetrazole rings is 1. The predicted molar refractivity (Wildman–Crippen MR) is 123 cm³/mol. The Labute approximate surface area is 196 Å². The highest BCUT2D eigenvalue weighted by atomic mass is 79.9. The highest BCUT2D eigenvalue weighted by Gasteiger charge is 2.17.